The van der Waals surface area contributed by atoms with Crippen LogP contribution >= 0.6 is 0 Å². The second-order valence-corrected chi connectivity index (χ2v) is 23.1. The average Bonchev–Trinajstić information content (AvgIpc) is 3.89. The molecule has 7 heteroatoms. The van der Waals surface area contributed by atoms with Crippen molar-refractivity contribution in [2.45, 2.75) is 117 Å². The van der Waals surface area contributed by atoms with Crippen molar-refractivity contribution < 1.29 is 30.6 Å². The molecular formula is C63H61N4O2Pt-. The van der Waals surface area contributed by atoms with E-state index in [-0.39, 0.29) is 48.5 Å². The molecule has 1 aliphatic rings. The largest absolute Gasteiger partial charge is 0.507 e. The third-order valence-electron chi connectivity index (χ3n) is 14.7. The molecule has 0 amide bonds. The van der Waals surface area contributed by atoms with E-state index in [0.717, 1.165) is 113 Å². The Bertz CT molecular complexity index is 3690. The number of para-hydroxylation sites is 2. The number of aromatic hydroxyl groups is 1. The molecule has 0 bridgehead atoms. The van der Waals surface area contributed by atoms with Gasteiger partial charge in [0.05, 0.1) is 33.4 Å². The van der Waals surface area contributed by atoms with E-state index in [9.17, 15) is 5.11 Å². The number of nitrogens with zero attached hydrogens (tertiary/aromatic N) is 4. The summed E-state index contributed by atoms with van der Waals surface area (Å²) >= 11 is 0. The first-order valence-corrected chi connectivity index (χ1v) is 24.5. The van der Waals surface area contributed by atoms with Crippen molar-refractivity contribution in [2.24, 2.45) is 0 Å². The molecule has 0 fully saturated rings. The molecular weight excluding hydrogens is 1040 g/mol. The third-order valence-corrected chi connectivity index (χ3v) is 14.7. The van der Waals surface area contributed by atoms with Gasteiger partial charge in [0.1, 0.15) is 23.5 Å². The summed E-state index contributed by atoms with van der Waals surface area (Å²) in [5.74, 6) is 0.902. The minimum atomic E-state index is -0.347. The van der Waals surface area contributed by atoms with Crippen LogP contribution in [0.5, 0.6) is 5.75 Å². The summed E-state index contributed by atoms with van der Waals surface area (Å²) in [6.45, 7) is 24.7. The van der Waals surface area contributed by atoms with Gasteiger partial charge in [-0.2, -0.15) is 0 Å². The van der Waals surface area contributed by atoms with Gasteiger partial charge in [0, 0.05) is 43.3 Å². The van der Waals surface area contributed by atoms with E-state index in [2.05, 4.69) is 196 Å². The minimum absolute atomic E-state index is 0. The molecule has 0 saturated heterocycles. The summed E-state index contributed by atoms with van der Waals surface area (Å²) in [6, 6.07) is 47.2. The molecule has 7 aromatic carbocycles. The van der Waals surface area contributed by atoms with Crippen LogP contribution in [0.1, 0.15) is 117 Å². The van der Waals surface area contributed by atoms with Gasteiger partial charge in [-0.25, -0.2) is 9.97 Å². The fraction of sp³-hybridized carbons (Fsp3) is 0.286. The van der Waals surface area contributed by atoms with Crippen molar-refractivity contribution in [3.63, 3.8) is 0 Å². The van der Waals surface area contributed by atoms with Crippen molar-refractivity contribution in [1.29, 1.82) is 0 Å². The molecule has 1 N–H and O–H groups in total. The Morgan fingerprint density at radius 3 is 2.14 bits per heavy atom. The number of hydrogen-bond donors (Lipinski definition) is 1. The van der Waals surface area contributed by atoms with Crippen LogP contribution in [-0.2, 0) is 49.1 Å². The quantitative estimate of drug-likeness (QED) is 0.174. The van der Waals surface area contributed by atoms with Gasteiger partial charge >= 0.3 is 0 Å². The Morgan fingerprint density at radius 1 is 0.671 bits per heavy atom. The molecule has 70 heavy (non-hydrogen) atoms. The number of furan rings is 1. The van der Waals surface area contributed by atoms with Gasteiger partial charge in [-0.3, -0.25) is 9.55 Å². The van der Waals surface area contributed by atoms with E-state index < -0.39 is 0 Å². The molecule has 0 radical (unpaired) electrons. The predicted molar refractivity (Wildman–Crippen MR) is 286 cm³/mol. The maximum Gasteiger partial charge on any atom is 0.148 e. The summed E-state index contributed by atoms with van der Waals surface area (Å²) in [7, 11) is 0. The van der Waals surface area contributed by atoms with Crippen molar-refractivity contribution in [3.05, 3.63) is 162 Å². The Hall–Kier alpha value is -6.36. The molecule has 356 valence electrons. The Labute approximate surface area is 426 Å². The van der Waals surface area contributed by atoms with Crippen LogP contribution in [0.25, 0.3) is 94.5 Å². The van der Waals surface area contributed by atoms with E-state index in [1.54, 1.807) is 6.33 Å². The molecule has 3 aromatic heterocycles. The van der Waals surface area contributed by atoms with Crippen LogP contribution in [-0.4, -0.2) is 24.6 Å². The molecule has 0 spiro atoms. The number of hydrogen-bond acceptors (Lipinski definition) is 5. The topological polar surface area (TPSA) is 77.0 Å². The van der Waals surface area contributed by atoms with Crippen LogP contribution in [0.15, 0.2) is 132 Å². The van der Waals surface area contributed by atoms with Crippen LogP contribution in [0, 0.1) is 6.07 Å². The van der Waals surface area contributed by atoms with Crippen molar-refractivity contribution in [2.75, 3.05) is 0 Å². The average molecular weight is 1100 g/mol. The Morgan fingerprint density at radius 2 is 1.40 bits per heavy atom. The van der Waals surface area contributed by atoms with Crippen molar-refractivity contribution >= 4 is 43.9 Å². The van der Waals surface area contributed by atoms with E-state index in [4.69, 9.17) is 19.4 Å². The maximum atomic E-state index is 12.7. The van der Waals surface area contributed by atoms with Gasteiger partial charge in [0.15, 0.2) is 0 Å². The SMILES string of the molecule is CC(C)(C)c1ccc(-n2c(-c3cc(C(C)(C)C)cc(C(C)(C)C)c3O)nc3c(-c4[c-]c(-c5ncnc6cc7c(cc56)CCCC7(C)C)c5oc6ccccc6c5c4)cccc32)c(-c2ccccc2)c1.[Pt]. The van der Waals surface area contributed by atoms with Gasteiger partial charge < -0.3 is 9.52 Å². The molecule has 11 rings (SSSR count). The zero-order chi connectivity index (χ0) is 48.4. The second-order valence-electron chi connectivity index (χ2n) is 23.1. The van der Waals surface area contributed by atoms with E-state index in [1.165, 1.54) is 16.7 Å². The monoisotopic (exact) mass is 1100 g/mol. The van der Waals surface area contributed by atoms with Crippen LogP contribution in [0.4, 0.5) is 0 Å². The van der Waals surface area contributed by atoms with Gasteiger partial charge in [0.2, 0.25) is 0 Å². The molecule has 6 nitrogen and oxygen atoms in total. The van der Waals surface area contributed by atoms with Crippen LogP contribution in [0.2, 0.25) is 0 Å². The normalized spacial score (nSPS) is 14.1. The summed E-state index contributed by atoms with van der Waals surface area (Å²) < 4.78 is 9.06. The number of rotatable bonds is 5. The Balaban J connectivity index is 0.00000567. The van der Waals surface area contributed by atoms with Crippen molar-refractivity contribution in [3.8, 4) is 56.3 Å². The molecule has 0 atom stereocenters. The second kappa shape index (κ2) is 16.9. The molecule has 10 aromatic rings. The molecule has 3 heterocycles. The minimum Gasteiger partial charge on any atom is -0.507 e. The number of benzene rings is 7. The number of phenolic OH excluding ortho intramolecular Hbond substituents is 1. The zero-order valence-corrected chi connectivity index (χ0v) is 44.5. The molecule has 0 unspecified atom stereocenters. The molecule has 1 aliphatic carbocycles. The first kappa shape index (κ1) is 47.3. The van der Waals surface area contributed by atoms with Gasteiger partial charge in [-0.1, -0.05) is 166 Å². The summed E-state index contributed by atoms with van der Waals surface area (Å²) in [6.07, 6.45) is 5.00. The smallest absolute Gasteiger partial charge is 0.148 e. The number of fused-ring (bicyclic) bond motifs is 6. The van der Waals surface area contributed by atoms with Crippen LogP contribution in [0.3, 0.4) is 0 Å². The summed E-state index contributed by atoms with van der Waals surface area (Å²) in [4.78, 5) is 15.6. The first-order valence-electron chi connectivity index (χ1n) is 24.5. The number of imidazole rings is 1. The summed E-state index contributed by atoms with van der Waals surface area (Å²) in [5, 5.41) is 15.6. The van der Waals surface area contributed by atoms with Crippen molar-refractivity contribution in [1.82, 2.24) is 19.5 Å². The van der Waals surface area contributed by atoms with Gasteiger partial charge in [-0.05, 0) is 116 Å². The van der Waals surface area contributed by atoms with Gasteiger partial charge in [0.25, 0.3) is 0 Å². The number of aryl methyl sites for hydroxylation is 1. The summed E-state index contributed by atoms with van der Waals surface area (Å²) in [5.41, 5.74) is 16.7. The van der Waals surface area contributed by atoms with Crippen LogP contribution < -0.4 is 0 Å². The standard InChI is InChI=1S/C63H61N4O2.Pt/c1-60(2,3)40-26-27-52(44(32-40)37-19-13-12-14-20-37)67-53-24-17-23-42(56(53)66-59(67)48-33-41(61(4,5)6)34-50(57(48)68)62(7,8)9)39-30-45-43-22-15-16-25-54(43)69-58(45)47(31-39)55-46-29-38-21-18-28-63(10,11)49(38)35-51(46)64-36-65-55;/h12-17,19-20,22-27,29-30,32-36,68H,18,21,28H2,1-11H3;/q-1;. The van der Waals surface area contributed by atoms with Gasteiger partial charge in [-0.15, -0.1) is 17.7 Å². The maximum absolute atomic E-state index is 12.7. The fourth-order valence-corrected chi connectivity index (χ4v) is 10.7. The number of phenols is 1. The van der Waals surface area contributed by atoms with E-state index in [0.29, 0.717) is 11.4 Å². The zero-order valence-electron chi connectivity index (χ0n) is 42.2. The van der Waals surface area contributed by atoms with E-state index in [1.807, 2.05) is 12.1 Å². The Kier molecular flexibility index (Phi) is 11.4. The number of aromatic nitrogens is 4. The predicted octanol–water partition coefficient (Wildman–Crippen LogP) is 16.5. The van der Waals surface area contributed by atoms with E-state index >= 15 is 0 Å². The molecule has 0 aliphatic heterocycles. The fourth-order valence-electron chi connectivity index (χ4n) is 10.7. The first-order chi connectivity index (χ1) is 32.8. The third kappa shape index (κ3) is 7.97. The molecule has 0 saturated carbocycles.